The monoisotopic (exact) mass is 1260 g/mol. The molecular formula is C56H48N12O11S6. The predicted octanol–water partition coefficient (Wildman–Crippen LogP) is 6.99. The number of aromatic hydroxyl groups is 1. The number of carbonyl (C=O) groups excluding carboxylic acids is 6. The molecule has 9 aromatic rings. The summed E-state index contributed by atoms with van der Waals surface area (Å²) in [4.78, 5) is 130. The maximum atomic E-state index is 15.1. The molecule has 29 heteroatoms. The van der Waals surface area contributed by atoms with E-state index in [2.05, 4.69) is 30.9 Å². The molecule has 0 unspecified atom stereocenters. The van der Waals surface area contributed by atoms with Crippen LogP contribution in [0.5, 0.6) is 5.75 Å². The second-order valence-electron chi connectivity index (χ2n) is 19.9. The number of hydrogen-bond acceptors (Lipinski definition) is 23. The van der Waals surface area contributed by atoms with Gasteiger partial charge in [-0.2, -0.15) is 0 Å². The van der Waals surface area contributed by atoms with Gasteiger partial charge in [-0.25, -0.2) is 34.9 Å². The summed E-state index contributed by atoms with van der Waals surface area (Å²) in [7, 11) is 0. The number of pyridine rings is 1. The van der Waals surface area contributed by atoms with Crippen LogP contribution in [-0.4, -0.2) is 127 Å². The summed E-state index contributed by atoms with van der Waals surface area (Å²) in [5, 5.41) is 60.8. The number of primary amides is 1. The molecule has 5 amide bonds. The van der Waals surface area contributed by atoms with Crippen molar-refractivity contribution >= 4 is 109 Å². The quantitative estimate of drug-likeness (QED) is 0.0684. The molecule has 0 aliphatic carbocycles. The highest BCUT2D eigenvalue weighted by Gasteiger charge is 2.45. The Labute approximate surface area is 506 Å². The Balaban J connectivity index is 1.01. The zero-order valence-electron chi connectivity index (χ0n) is 44.6. The first kappa shape index (κ1) is 58.4. The average Bonchev–Trinajstić information content (AvgIpc) is 2.43. The number of aliphatic hydroxyl groups is 2. The molecule has 7 aromatic heterocycles. The molecule has 434 valence electrons. The Morgan fingerprint density at radius 2 is 1.36 bits per heavy atom. The molecule has 0 saturated carbocycles. The summed E-state index contributed by atoms with van der Waals surface area (Å²) in [6, 6.07) is 15.1. The first-order valence-corrected chi connectivity index (χ1v) is 31.3. The number of aliphatic hydroxyl groups excluding tert-OH is 2. The van der Waals surface area contributed by atoms with Crippen LogP contribution < -0.4 is 21.7 Å². The van der Waals surface area contributed by atoms with Gasteiger partial charge in [-0.1, -0.05) is 49.4 Å². The summed E-state index contributed by atoms with van der Waals surface area (Å²) in [6.45, 7) is 2.76. The molecule has 9 N–H and O–H groups in total. The highest BCUT2D eigenvalue weighted by atomic mass is 32.1. The molecule has 2 aromatic carbocycles. The number of phenols is 1. The van der Waals surface area contributed by atoms with E-state index in [0.29, 0.717) is 64.4 Å². The number of carbonyl (C=O) groups is 7. The number of Topliss-reactive ketones (excluding diaryl/α,β-unsaturated/α-hetero) is 1. The summed E-state index contributed by atoms with van der Waals surface area (Å²) < 4.78 is 0. The fourth-order valence-corrected chi connectivity index (χ4v) is 15.2. The molecule has 2 aliphatic heterocycles. The number of nitrogens with one attached hydrogen (secondary N) is 3. The smallest absolute Gasteiger partial charge is 0.322 e. The number of thiazole rings is 6. The van der Waals surface area contributed by atoms with Crippen LogP contribution in [-0.2, 0) is 20.8 Å². The van der Waals surface area contributed by atoms with Crippen molar-refractivity contribution in [2.75, 3.05) is 13.1 Å². The molecule has 9 heterocycles. The van der Waals surface area contributed by atoms with Gasteiger partial charge in [-0.3, -0.25) is 33.6 Å². The fraction of sp³-hybridized carbons (Fsp3) is 0.250. The van der Waals surface area contributed by atoms with Crippen LogP contribution in [0.1, 0.15) is 117 Å². The second-order valence-corrected chi connectivity index (χ2v) is 25.5. The van der Waals surface area contributed by atoms with Crippen LogP contribution in [0.25, 0.3) is 43.4 Å². The van der Waals surface area contributed by atoms with Gasteiger partial charge in [-0.05, 0) is 42.3 Å². The number of aliphatic carboxylic acids is 1. The minimum atomic E-state index is -1.31. The number of aromatic nitrogens is 7. The average molecular weight is 1260 g/mol. The van der Waals surface area contributed by atoms with E-state index < -0.39 is 96.4 Å². The number of nitrogens with two attached hydrogens (primary N) is 1. The minimum absolute atomic E-state index is 0.00671. The summed E-state index contributed by atoms with van der Waals surface area (Å²) in [5.41, 5.74) is 8.53. The van der Waals surface area contributed by atoms with Crippen LogP contribution >= 0.6 is 68.0 Å². The molecule has 85 heavy (non-hydrogen) atoms. The Bertz CT molecular complexity index is 4040. The third-order valence-corrected chi connectivity index (χ3v) is 19.7. The van der Waals surface area contributed by atoms with E-state index in [4.69, 9.17) is 30.8 Å². The third-order valence-electron chi connectivity index (χ3n) is 14.1. The van der Waals surface area contributed by atoms with Gasteiger partial charge in [0.2, 0.25) is 11.8 Å². The molecule has 0 radical (unpaired) electrons. The van der Waals surface area contributed by atoms with E-state index in [1.54, 1.807) is 79.2 Å². The van der Waals surface area contributed by atoms with Crippen LogP contribution in [0.3, 0.4) is 0 Å². The maximum absolute atomic E-state index is 15.1. The largest absolute Gasteiger partial charge is 0.508 e. The lowest BCUT2D eigenvalue weighted by molar-refractivity contribution is -0.136. The molecular weight excluding hydrogens is 1210 g/mol. The normalized spacial score (nSPS) is 19.6. The Kier molecular flexibility index (Phi) is 16.9. The van der Waals surface area contributed by atoms with Gasteiger partial charge in [0, 0.05) is 68.6 Å². The fourth-order valence-electron chi connectivity index (χ4n) is 9.81. The number of amides is 5. The lowest BCUT2D eigenvalue weighted by Crippen LogP contribution is -2.50. The van der Waals surface area contributed by atoms with Crippen molar-refractivity contribution in [3.8, 4) is 49.1 Å². The van der Waals surface area contributed by atoms with E-state index in [1.165, 1.54) is 55.8 Å². The predicted molar refractivity (Wildman–Crippen MR) is 317 cm³/mol. The zero-order valence-corrected chi connectivity index (χ0v) is 49.5. The number of carboxylic acid groups (broad SMARTS) is 1. The Hall–Kier alpha value is -8.42. The number of ketones is 1. The van der Waals surface area contributed by atoms with E-state index >= 15 is 4.79 Å². The van der Waals surface area contributed by atoms with E-state index in [0.717, 1.165) is 45.3 Å². The lowest BCUT2D eigenvalue weighted by Gasteiger charge is -2.29. The number of phenolic OH excluding ortho intramolecular Hbond substituents is 1. The molecule has 1 fully saturated rings. The number of aryl methyl sites for hydroxylation is 1. The molecule has 1 saturated heterocycles. The number of rotatable bonds is 10. The highest BCUT2D eigenvalue weighted by molar-refractivity contribution is 7.15. The van der Waals surface area contributed by atoms with Crippen molar-refractivity contribution in [2.45, 2.75) is 69.4 Å². The highest BCUT2D eigenvalue weighted by Crippen LogP contribution is 2.43. The molecule has 7 atom stereocenters. The topological polar surface area (TPSA) is 356 Å². The first-order valence-electron chi connectivity index (χ1n) is 26.1. The number of carboxylic acids is 1. The molecule has 0 spiro atoms. The number of hydrogen-bond donors (Lipinski definition) is 8. The van der Waals surface area contributed by atoms with Crippen LogP contribution in [0, 0.1) is 12.8 Å². The standard InChI is InChI=1S/C56H48N12O11S6/c1-24-40(71)18-68-45(24)55-66-38(23-84-55)53-62-34(19-82-53)44-29(12-13-31(59-44)52-65-35(20-83-52)47(76)58-17-42(73)74)50-63-36(21-80-50)48(77)60-32(16-41(57)72)54-67-43(25(2)85-54)39(70)15-30(46(75)27-6-4-3-5-7-27)51-64-37(22-81-51)49(78)61-33(56(68)79)14-26-8-10-28(69)11-9-26/h3-13,19-24,30,32-33,40,45-46,69,71,75H,14-18H2,1-2H3,(H2,57,72)(H,58,76)(H,60,77)(H,61,78)(H,73,74)/t24-,30-,32-,33-,40-,45-,46+/m0/s1. The summed E-state index contributed by atoms with van der Waals surface area (Å²) in [6.07, 6.45) is -3.07. The van der Waals surface area contributed by atoms with Gasteiger partial charge in [0.05, 0.1) is 41.4 Å². The van der Waals surface area contributed by atoms with E-state index in [9.17, 15) is 44.1 Å². The number of nitrogens with zero attached hydrogens (tertiary/aromatic N) is 8. The molecule has 10 bridgehead atoms. The Morgan fingerprint density at radius 1 is 0.718 bits per heavy atom. The maximum Gasteiger partial charge on any atom is 0.322 e. The second kappa shape index (κ2) is 24.7. The van der Waals surface area contributed by atoms with E-state index in [-0.39, 0.29) is 57.9 Å². The van der Waals surface area contributed by atoms with Gasteiger partial charge in [0.1, 0.15) is 83.2 Å². The zero-order chi connectivity index (χ0) is 59.8. The number of benzene rings is 2. The molecule has 23 nitrogen and oxygen atoms in total. The molecule has 11 rings (SSSR count). The van der Waals surface area contributed by atoms with Gasteiger partial charge in [-0.15, -0.1) is 68.0 Å². The summed E-state index contributed by atoms with van der Waals surface area (Å²) >= 11 is 6.83. The van der Waals surface area contributed by atoms with Crippen LogP contribution in [0.4, 0.5) is 0 Å². The minimum Gasteiger partial charge on any atom is -0.508 e. The molecule has 2 aliphatic rings. The van der Waals surface area contributed by atoms with Crippen molar-refractivity contribution in [1.82, 2.24) is 55.7 Å². The number of fused-ring (bicyclic) bond motifs is 16. The van der Waals surface area contributed by atoms with Crippen molar-refractivity contribution in [3.05, 3.63) is 147 Å². The first-order chi connectivity index (χ1) is 40.8. The van der Waals surface area contributed by atoms with Gasteiger partial charge in [0.25, 0.3) is 17.7 Å². The van der Waals surface area contributed by atoms with Gasteiger partial charge in [0.15, 0.2) is 5.78 Å². The van der Waals surface area contributed by atoms with Crippen molar-refractivity contribution < 1.29 is 54.0 Å². The lowest BCUT2D eigenvalue weighted by atomic mass is 9.90. The van der Waals surface area contributed by atoms with Gasteiger partial charge >= 0.3 is 5.97 Å². The van der Waals surface area contributed by atoms with Gasteiger partial charge < -0.3 is 47.0 Å². The van der Waals surface area contributed by atoms with E-state index in [1.807, 2.05) is 0 Å². The van der Waals surface area contributed by atoms with Crippen LogP contribution in [0.15, 0.2) is 93.6 Å². The summed E-state index contributed by atoms with van der Waals surface area (Å²) in [5.74, 6) is -6.73. The van der Waals surface area contributed by atoms with Crippen molar-refractivity contribution in [2.24, 2.45) is 11.7 Å². The Morgan fingerprint density at radius 3 is 2.12 bits per heavy atom. The van der Waals surface area contributed by atoms with Crippen molar-refractivity contribution in [1.29, 1.82) is 0 Å². The van der Waals surface area contributed by atoms with Crippen molar-refractivity contribution in [3.63, 3.8) is 0 Å². The van der Waals surface area contributed by atoms with Crippen LogP contribution in [0.2, 0.25) is 0 Å². The third kappa shape index (κ3) is 12.5. The SMILES string of the molecule is Cc1sc2nc1C(=O)C[C@@H]([C@H](O)c1ccccc1)c1nc(cs1)C(=O)N[C@@H](Cc1ccc(O)cc1)C(=O)N1C[C@H](O)[C@H](C)[C@H]1c1nc(cs1)-c1nc(cs1)-c1nc(-c3nc(C(=O)NCC(=O)O)cs3)ccc1-c1nc(cs1)C(=O)N[C@H]2CC(N)=O.